The second-order valence-electron chi connectivity index (χ2n) is 5.34. The predicted molar refractivity (Wildman–Crippen MR) is 96.9 cm³/mol. The summed E-state index contributed by atoms with van der Waals surface area (Å²) in [5, 5.41) is 3.55. The van der Waals surface area contributed by atoms with Crippen molar-refractivity contribution in [3.8, 4) is 5.75 Å². The Morgan fingerprint density at radius 1 is 1.23 bits per heavy atom. The molecule has 0 unspecified atom stereocenters. The number of hydrogen-bond acceptors (Lipinski definition) is 4. The first-order valence-electron chi connectivity index (χ1n) is 7.53. The Morgan fingerprint density at radius 3 is 2.69 bits per heavy atom. The van der Waals surface area contributed by atoms with Gasteiger partial charge >= 0.3 is 0 Å². The van der Waals surface area contributed by atoms with E-state index in [0.29, 0.717) is 26.4 Å². The molecule has 1 amide bonds. The van der Waals surface area contributed by atoms with Gasteiger partial charge in [0.05, 0.1) is 11.4 Å². The first-order valence-corrected chi connectivity index (χ1v) is 8.73. The Kier molecular flexibility index (Phi) is 5.49. The summed E-state index contributed by atoms with van der Waals surface area (Å²) in [5.41, 5.74) is 0.265. The lowest BCUT2D eigenvalue weighted by molar-refractivity contribution is 0.102. The van der Waals surface area contributed by atoms with E-state index in [9.17, 15) is 13.6 Å². The van der Waals surface area contributed by atoms with Crippen molar-refractivity contribution in [3.05, 3.63) is 74.7 Å². The maximum absolute atomic E-state index is 13.7. The van der Waals surface area contributed by atoms with Crippen molar-refractivity contribution in [1.82, 2.24) is 4.98 Å². The van der Waals surface area contributed by atoms with Crippen LogP contribution < -0.4 is 10.1 Å². The summed E-state index contributed by atoms with van der Waals surface area (Å²) in [5.74, 6) is -1.29. The SMILES string of the molecule is Cc1nc(COc2ccc(Cl)cc2)sc1C(=O)Nc1cc(F)ccc1F. The van der Waals surface area contributed by atoms with E-state index in [1.54, 1.807) is 31.2 Å². The molecule has 0 aliphatic heterocycles. The third-order valence-corrected chi connectivity index (χ3v) is 4.78. The Balaban J connectivity index is 1.69. The number of anilines is 1. The Bertz CT molecular complexity index is 945. The summed E-state index contributed by atoms with van der Waals surface area (Å²) >= 11 is 6.94. The van der Waals surface area contributed by atoms with Gasteiger partial charge in [0.15, 0.2) is 0 Å². The van der Waals surface area contributed by atoms with Gasteiger partial charge in [0.2, 0.25) is 0 Å². The van der Waals surface area contributed by atoms with Crippen LogP contribution in [0.3, 0.4) is 0 Å². The second-order valence-corrected chi connectivity index (χ2v) is 6.86. The zero-order valence-corrected chi connectivity index (χ0v) is 15.1. The first kappa shape index (κ1) is 18.3. The number of rotatable bonds is 5. The quantitative estimate of drug-likeness (QED) is 0.646. The van der Waals surface area contributed by atoms with Crippen LogP contribution in [0.1, 0.15) is 20.4 Å². The molecule has 0 aliphatic rings. The molecule has 0 radical (unpaired) electrons. The largest absolute Gasteiger partial charge is 0.486 e. The van der Waals surface area contributed by atoms with Gasteiger partial charge in [-0.3, -0.25) is 4.79 Å². The minimum atomic E-state index is -0.715. The van der Waals surface area contributed by atoms with E-state index >= 15 is 0 Å². The van der Waals surface area contributed by atoms with Crippen LogP contribution in [-0.2, 0) is 6.61 Å². The molecule has 2 aromatic carbocycles. The Hall–Kier alpha value is -2.51. The summed E-state index contributed by atoms with van der Waals surface area (Å²) in [7, 11) is 0. The number of nitrogens with one attached hydrogen (secondary N) is 1. The highest BCUT2D eigenvalue weighted by molar-refractivity contribution is 7.13. The van der Waals surface area contributed by atoms with Crippen LogP contribution in [-0.4, -0.2) is 10.9 Å². The number of ether oxygens (including phenoxy) is 1. The normalized spacial score (nSPS) is 10.6. The van der Waals surface area contributed by atoms with Gasteiger partial charge in [-0.25, -0.2) is 13.8 Å². The molecule has 0 atom stereocenters. The van der Waals surface area contributed by atoms with Crippen LogP contribution in [0.4, 0.5) is 14.5 Å². The van der Waals surface area contributed by atoms with Crippen molar-refractivity contribution in [2.45, 2.75) is 13.5 Å². The summed E-state index contributed by atoms with van der Waals surface area (Å²) in [6.07, 6.45) is 0. The highest BCUT2D eigenvalue weighted by atomic mass is 35.5. The molecule has 0 bridgehead atoms. The van der Waals surface area contributed by atoms with Crippen LogP contribution in [0, 0.1) is 18.6 Å². The molecule has 0 spiro atoms. The molecule has 1 aromatic heterocycles. The number of nitrogens with zero attached hydrogens (tertiary/aromatic N) is 1. The number of aromatic nitrogens is 1. The Labute approximate surface area is 157 Å². The van der Waals surface area contributed by atoms with Crippen molar-refractivity contribution in [2.75, 3.05) is 5.32 Å². The molecule has 4 nitrogen and oxygen atoms in total. The van der Waals surface area contributed by atoms with E-state index in [1.807, 2.05) is 0 Å². The van der Waals surface area contributed by atoms with Crippen molar-refractivity contribution in [2.24, 2.45) is 0 Å². The summed E-state index contributed by atoms with van der Waals surface area (Å²) < 4.78 is 32.5. The average molecular weight is 395 g/mol. The van der Waals surface area contributed by atoms with Gasteiger partial charge in [-0.15, -0.1) is 11.3 Å². The number of hydrogen-bond donors (Lipinski definition) is 1. The van der Waals surface area contributed by atoms with Crippen LogP contribution in [0.25, 0.3) is 0 Å². The van der Waals surface area contributed by atoms with Gasteiger partial charge in [-0.1, -0.05) is 11.6 Å². The molecule has 1 heterocycles. The number of amides is 1. The molecule has 8 heteroatoms. The Morgan fingerprint density at radius 2 is 1.96 bits per heavy atom. The second kappa shape index (κ2) is 7.80. The van der Waals surface area contributed by atoms with Crippen LogP contribution in [0.5, 0.6) is 5.75 Å². The maximum Gasteiger partial charge on any atom is 0.267 e. The monoisotopic (exact) mass is 394 g/mol. The minimum absolute atomic E-state index is 0.175. The number of carbonyl (C=O) groups is 1. The number of aryl methyl sites for hydroxylation is 1. The molecule has 0 saturated carbocycles. The van der Waals surface area contributed by atoms with Crippen LogP contribution in [0.2, 0.25) is 5.02 Å². The topological polar surface area (TPSA) is 51.2 Å². The molecular weight excluding hydrogens is 382 g/mol. The van der Waals surface area contributed by atoms with Gasteiger partial charge < -0.3 is 10.1 Å². The summed E-state index contributed by atoms with van der Waals surface area (Å²) in [6.45, 7) is 1.84. The molecule has 0 saturated heterocycles. The van der Waals surface area contributed by atoms with Crippen molar-refractivity contribution in [1.29, 1.82) is 0 Å². The summed E-state index contributed by atoms with van der Waals surface area (Å²) in [6, 6.07) is 9.72. The highest BCUT2D eigenvalue weighted by Gasteiger charge is 2.17. The average Bonchev–Trinajstić information content (AvgIpc) is 2.98. The maximum atomic E-state index is 13.7. The number of carbonyl (C=O) groups excluding carboxylic acids is 1. The fourth-order valence-electron chi connectivity index (χ4n) is 2.17. The zero-order valence-electron chi connectivity index (χ0n) is 13.6. The highest BCUT2D eigenvalue weighted by Crippen LogP contribution is 2.23. The lowest BCUT2D eigenvalue weighted by Crippen LogP contribution is -2.12. The van der Waals surface area contributed by atoms with E-state index in [0.717, 1.165) is 29.5 Å². The predicted octanol–water partition coefficient (Wildman–Crippen LogP) is 5.21. The fraction of sp³-hybridized carbons (Fsp3) is 0.111. The smallest absolute Gasteiger partial charge is 0.267 e. The van der Waals surface area contributed by atoms with Gasteiger partial charge in [0.25, 0.3) is 5.91 Å². The zero-order chi connectivity index (χ0) is 18.7. The molecule has 1 N–H and O–H groups in total. The van der Waals surface area contributed by atoms with Crippen molar-refractivity contribution >= 4 is 34.5 Å². The fourth-order valence-corrected chi connectivity index (χ4v) is 3.17. The summed E-state index contributed by atoms with van der Waals surface area (Å²) in [4.78, 5) is 16.9. The van der Waals surface area contributed by atoms with Crippen molar-refractivity contribution < 1.29 is 18.3 Å². The number of benzene rings is 2. The van der Waals surface area contributed by atoms with E-state index in [1.165, 1.54) is 0 Å². The van der Waals surface area contributed by atoms with E-state index < -0.39 is 17.5 Å². The molecule has 26 heavy (non-hydrogen) atoms. The molecule has 0 fully saturated rings. The molecule has 3 rings (SSSR count). The van der Waals surface area contributed by atoms with E-state index in [-0.39, 0.29) is 12.3 Å². The van der Waals surface area contributed by atoms with E-state index in [4.69, 9.17) is 16.3 Å². The van der Waals surface area contributed by atoms with Gasteiger partial charge in [-0.05, 0) is 43.3 Å². The molecular formula is C18H13ClF2N2O2S. The lowest BCUT2D eigenvalue weighted by atomic mass is 10.3. The van der Waals surface area contributed by atoms with Crippen LogP contribution >= 0.6 is 22.9 Å². The van der Waals surface area contributed by atoms with E-state index in [2.05, 4.69) is 10.3 Å². The van der Waals surface area contributed by atoms with Crippen molar-refractivity contribution in [3.63, 3.8) is 0 Å². The standard InChI is InChI=1S/C18H13ClF2N2O2S/c1-10-17(18(24)23-15-8-12(20)4-7-14(15)21)26-16(22-10)9-25-13-5-2-11(19)3-6-13/h2-8H,9H2,1H3,(H,23,24). The lowest BCUT2D eigenvalue weighted by Gasteiger charge is -2.05. The molecule has 3 aromatic rings. The van der Waals surface area contributed by atoms with Crippen LogP contribution in [0.15, 0.2) is 42.5 Å². The molecule has 0 aliphatic carbocycles. The molecule has 134 valence electrons. The van der Waals surface area contributed by atoms with Gasteiger partial charge in [0, 0.05) is 11.1 Å². The minimum Gasteiger partial charge on any atom is -0.486 e. The van der Waals surface area contributed by atoms with Gasteiger partial charge in [-0.2, -0.15) is 0 Å². The third-order valence-electron chi connectivity index (χ3n) is 3.40. The number of thiazole rings is 1. The van der Waals surface area contributed by atoms with Gasteiger partial charge in [0.1, 0.15) is 33.9 Å². The number of halogens is 3. The first-order chi connectivity index (χ1) is 12.4. The third kappa shape index (κ3) is 4.36.